The quantitative estimate of drug-likeness (QED) is 0.430. The highest BCUT2D eigenvalue weighted by Crippen LogP contribution is 2.09. The van der Waals surface area contributed by atoms with Gasteiger partial charge in [0.05, 0.1) is 0 Å². The van der Waals surface area contributed by atoms with Crippen molar-refractivity contribution in [1.82, 2.24) is 5.32 Å². The maximum atomic E-state index is 11.4. The van der Waals surface area contributed by atoms with Crippen LogP contribution in [0.5, 0.6) is 0 Å². The molecule has 0 unspecified atom stereocenters. The SMILES string of the molecule is C=C(N)CCC(=O)NCCCCCCCCCCC(=O)O. The van der Waals surface area contributed by atoms with E-state index in [1.807, 2.05) is 0 Å². The lowest BCUT2D eigenvalue weighted by Crippen LogP contribution is -2.24. The first-order valence-corrected chi connectivity index (χ1v) is 7.94. The third kappa shape index (κ3) is 16.4. The molecule has 0 saturated heterocycles. The lowest BCUT2D eigenvalue weighted by molar-refractivity contribution is -0.137. The second-order valence-corrected chi connectivity index (χ2v) is 5.48. The molecule has 0 aromatic heterocycles. The molecule has 122 valence electrons. The van der Waals surface area contributed by atoms with Gasteiger partial charge in [0, 0.05) is 25.1 Å². The molecule has 0 fully saturated rings. The van der Waals surface area contributed by atoms with Gasteiger partial charge in [0.2, 0.25) is 5.91 Å². The van der Waals surface area contributed by atoms with Crippen LogP contribution in [0.1, 0.15) is 70.6 Å². The Kier molecular flexibility index (Phi) is 12.5. The zero-order chi connectivity index (χ0) is 15.9. The van der Waals surface area contributed by atoms with E-state index in [0.717, 1.165) is 38.6 Å². The number of hydrogen-bond donors (Lipinski definition) is 3. The topological polar surface area (TPSA) is 92.4 Å². The predicted octanol–water partition coefficient (Wildman–Crippen LogP) is 2.95. The molecule has 5 nitrogen and oxygen atoms in total. The summed E-state index contributed by atoms with van der Waals surface area (Å²) in [6.45, 7) is 4.29. The molecule has 0 aromatic carbocycles. The first-order chi connectivity index (χ1) is 10.0. The third-order valence-electron chi connectivity index (χ3n) is 3.31. The molecule has 0 atom stereocenters. The van der Waals surface area contributed by atoms with Gasteiger partial charge in [-0.1, -0.05) is 45.1 Å². The number of carboxylic acids is 1. The smallest absolute Gasteiger partial charge is 0.303 e. The number of carbonyl (C=O) groups excluding carboxylic acids is 1. The molecule has 21 heavy (non-hydrogen) atoms. The number of allylic oxidation sites excluding steroid dienone is 1. The van der Waals surface area contributed by atoms with Crippen molar-refractivity contribution in [2.45, 2.75) is 70.6 Å². The minimum absolute atomic E-state index is 0.0417. The monoisotopic (exact) mass is 298 g/mol. The summed E-state index contributed by atoms with van der Waals surface area (Å²) in [4.78, 5) is 21.7. The van der Waals surface area contributed by atoms with Crippen molar-refractivity contribution in [3.8, 4) is 0 Å². The first kappa shape index (κ1) is 19.5. The van der Waals surface area contributed by atoms with Crippen molar-refractivity contribution in [3.63, 3.8) is 0 Å². The highest BCUT2D eigenvalue weighted by Gasteiger charge is 2.00. The molecular weight excluding hydrogens is 268 g/mol. The number of aliphatic carboxylic acids is 1. The number of carbonyl (C=O) groups is 2. The number of unbranched alkanes of at least 4 members (excludes halogenated alkanes) is 7. The Labute approximate surface area is 128 Å². The molecule has 0 saturated carbocycles. The number of hydrogen-bond acceptors (Lipinski definition) is 3. The number of carboxylic acid groups (broad SMARTS) is 1. The number of nitrogens with one attached hydrogen (secondary N) is 1. The van der Waals surface area contributed by atoms with Gasteiger partial charge in [0.1, 0.15) is 0 Å². The van der Waals surface area contributed by atoms with Crippen molar-refractivity contribution >= 4 is 11.9 Å². The molecule has 0 heterocycles. The van der Waals surface area contributed by atoms with Gasteiger partial charge in [-0.15, -0.1) is 0 Å². The Bertz CT molecular complexity index is 317. The average molecular weight is 298 g/mol. The summed E-state index contributed by atoms with van der Waals surface area (Å²) >= 11 is 0. The maximum absolute atomic E-state index is 11.4. The van der Waals surface area contributed by atoms with Gasteiger partial charge in [0.15, 0.2) is 0 Å². The van der Waals surface area contributed by atoms with Gasteiger partial charge in [0.25, 0.3) is 0 Å². The summed E-state index contributed by atoms with van der Waals surface area (Å²) in [6, 6.07) is 0. The fraction of sp³-hybridized carbons (Fsp3) is 0.750. The van der Waals surface area contributed by atoms with Crippen molar-refractivity contribution in [2.75, 3.05) is 6.54 Å². The zero-order valence-electron chi connectivity index (χ0n) is 13.0. The predicted molar refractivity (Wildman–Crippen MR) is 84.8 cm³/mol. The fourth-order valence-corrected chi connectivity index (χ4v) is 2.05. The molecular formula is C16H30N2O3. The standard InChI is InChI=1S/C16H30N2O3/c1-14(17)11-12-15(19)18-13-9-7-5-3-2-4-6-8-10-16(20)21/h1-13,17H2,(H,18,19)(H,20,21). The van der Waals surface area contributed by atoms with Crippen LogP contribution in [0.4, 0.5) is 0 Å². The third-order valence-corrected chi connectivity index (χ3v) is 3.31. The maximum Gasteiger partial charge on any atom is 0.303 e. The summed E-state index contributed by atoms with van der Waals surface area (Å²) in [6.07, 6.45) is 9.84. The Balaban J connectivity index is 3.17. The van der Waals surface area contributed by atoms with Crippen LogP contribution in [0.25, 0.3) is 0 Å². The van der Waals surface area contributed by atoms with Crippen molar-refractivity contribution in [2.24, 2.45) is 5.73 Å². The van der Waals surface area contributed by atoms with Gasteiger partial charge >= 0.3 is 5.97 Å². The average Bonchev–Trinajstić information content (AvgIpc) is 2.42. The Morgan fingerprint density at radius 3 is 1.90 bits per heavy atom. The van der Waals surface area contributed by atoms with Crippen LogP contribution in [0.3, 0.4) is 0 Å². The summed E-state index contributed by atoms with van der Waals surface area (Å²) in [7, 11) is 0. The van der Waals surface area contributed by atoms with Crippen LogP contribution >= 0.6 is 0 Å². The normalized spacial score (nSPS) is 10.3. The first-order valence-electron chi connectivity index (χ1n) is 7.94. The van der Waals surface area contributed by atoms with Gasteiger partial charge < -0.3 is 16.2 Å². The summed E-state index contributed by atoms with van der Waals surface area (Å²) < 4.78 is 0. The van der Waals surface area contributed by atoms with Crippen LogP contribution in [-0.2, 0) is 9.59 Å². The van der Waals surface area contributed by atoms with E-state index in [-0.39, 0.29) is 12.3 Å². The van der Waals surface area contributed by atoms with E-state index in [1.54, 1.807) is 0 Å². The van der Waals surface area contributed by atoms with E-state index < -0.39 is 5.97 Å². The van der Waals surface area contributed by atoms with Gasteiger partial charge in [-0.2, -0.15) is 0 Å². The molecule has 0 aliphatic heterocycles. The van der Waals surface area contributed by atoms with Crippen LogP contribution in [0.2, 0.25) is 0 Å². The fourth-order valence-electron chi connectivity index (χ4n) is 2.05. The summed E-state index contributed by atoms with van der Waals surface area (Å²) in [5.41, 5.74) is 5.95. The summed E-state index contributed by atoms with van der Waals surface area (Å²) in [5.74, 6) is -0.659. The highest BCUT2D eigenvalue weighted by molar-refractivity contribution is 5.76. The Morgan fingerprint density at radius 1 is 0.857 bits per heavy atom. The van der Waals surface area contributed by atoms with E-state index in [1.165, 1.54) is 19.3 Å². The molecule has 0 spiro atoms. The number of amides is 1. The van der Waals surface area contributed by atoms with Crippen LogP contribution in [0, 0.1) is 0 Å². The van der Waals surface area contributed by atoms with Crippen LogP contribution in [0.15, 0.2) is 12.3 Å². The number of rotatable bonds is 14. The number of nitrogens with two attached hydrogens (primary N) is 1. The van der Waals surface area contributed by atoms with E-state index in [4.69, 9.17) is 10.8 Å². The molecule has 1 amide bonds. The molecule has 0 rings (SSSR count). The van der Waals surface area contributed by atoms with Gasteiger partial charge in [-0.05, 0) is 19.3 Å². The molecule has 0 aliphatic rings. The van der Waals surface area contributed by atoms with Crippen LogP contribution < -0.4 is 11.1 Å². The minimum Gasteiger partial charge on any atom is -0.481 e. The summed E-state index contributed by atoms with van der Waals surface area (Å²) in [5, 5.41) is 11.4. The second kappa shape index (κ2) is 13.5. The zero-order valence-corrected chi connectivity index (χ0v) is 13.0. The van der Waals surface area contributed by atoms with Crippen LogP contribution in [-0.4, -0.2) is 23.5 Å². The van der Waals surface area contributed by atoms with Crippen molar-refractivity contribution < 1.29 is 14.7 Å². The minimum atomic E-state index is -0.701. The second-order valence-electron chi connectivity index (χ2n) is 5.48. The Hall–Kier alpha value is -1.52. The van der Waals surface area contributed by atoms with E-state index >= 15 is 0 Å². The molecule has 4 N–H and O–H groups in total. The molecule has 5 heteroatoms. The van der Waals surface area contributed by atoms with E-state index in [9.17, 15) is 9.59 Å². The highest BCUT2D eigenvalue weighted by atomic mass is 16.4. The molecule has 0 aliphatic carbocycles. The lowest BCUT2D eigenvalue weighted by Gasteiger charge is -2.05. The molecule has 0 aromatic rings. The van der Waals surface area contributed by atoms with Crippen molar-refractivity contribution in [3.05, 3.63) is 12.3 Å². The van der Waals surface area contributed by atoms with E-state index in [2.05, 4.69) is 11.9 Å². The van der Waals surface area contributed by atoms with Crippen molar-refractivity contribution in [1.29, 1.82) is 0 Å². The van der Waals surface area contributed by atoms with Gasteiger partial charge in [-0.3, -0.25) is 9.59 Å². The molecule has 0 bridgehead atoms. The molecule has 0 radical (unpaired) electrons. The van der Waals surface area contributed by atoms with Gasteiger partial charge in [-0.25, -0.2) is 0 Å². The largest absolute Gasteiger partial charge is 0.481 e. The lowest BCUT2D eigenvalue weighted by atomic mass is 10.1. The Morgan fingerprint density at radius 2 is 1.38 bits per heavy atom. The van der Waals surface area contributed by atoms with E-state index in [0.29, 0.717) is 18.5 Å².